The summed E-state index contributed by atoms with van der Waals surface area (Å²) in [5.41, 5.74) is -0.593. The van der Waals surface area contributed by atoms with Gasteiger partial charge in [-0.15, -0.1) is 0 Å². The van der Waals surface area contributed by atoms with E-state index in [1.807, 2.05) is 0 Å². The highest BCUT2D eigenvalue weighted by molar-refractivity contribution is 7.99. The lowest BCUT2D eigenvalue weighted by molar-refractivity contribution is -0.148. The molecule has 0 spiro atoms. The second-order valence-electron chi connectivity index (χ2n) is 4.01. The van der Waals surface area contributed by atoms with Crippen molar-refractivity contribution in [1.29, 1.82) is 0 Å². The van der Waals surface area contributed by atoms with Crippen LogP contribution >= 0.6 is 11.8 Å². The number of hydrogen-bond donors (Lipinski definition) is 2. The number of nitrogens with zero attached hydrogens (tertiary/aromatic N) is 1. The molecule has 0 aliphatic heterocycles. The fraction of sp³-hybridized carbons (Fsp3) is 0.500. The summed E-state index contributed by atoms with van der Waals surface area (Å²) in [6, 6.07) is 3.42. The zero-order valence-corrected chi connectivity index (χ0v) is 11.5. The van der Waals surface area contributed by atoms with E-state index < -0.39 is 23.6 Å². The topological polar surface area (TPSA) is 62.2 Å². The van der Waals surface area contributed by atoms with E-state index in [1.54, 1.807) is 13.2 Å². The molecule has 4 nitrogen and oxygen atoms in total. The van der Waals surface area contributed by atoms with Crippen LogP contribution in [0, 0.1) is 0 Å². The molecule has 0 saturated heterocycles. The molecular weight excluding hydrogens is 274 g/mol. The molecule has 2 N–H and O–H groups in total. The Morgan fingerprint density at radius 1 is 1.58 bits per heavy atom. The number of alkyl halides is 2. The fourth-order valence-electron chi connectivity index (χ4n) is 1.49. The molecule has 106 valence electrons. The molecule has 1 heterocycles. The standard InChI is InChI=1S/C12H16F2N2O2S/c1-8(9(7-17)19-2)16-11(18)12(13,14)10-5-3-4-6-15-10/h3-6,8-9,17H,7H2,1-2H3,(H,16,18)/t8-,9-/m0/s1. The first-order valence-electron chi connectivity index (χ1n) is 5.67. The number of thioether (sulfide) groups is 1. The number of aliphatic hydroxyl groups excluding tert-OH is 1. The van der Waals surface area contributed by atoms with E-state index in [2.05, 4.69) is 10.3 Å². The summed E-state index contributed by atoms with van der Waals surface area (Å²) in [6.45, 7) is 1.38. The summed E-state index contributed by atoms with van der Waals surface area (Å²) >= 11 is 1.30. The molecule has 1 rings (SSSR count). The van der Waals surface area contributed by atoms with Crippen molar-refractivity contribution >= 4 is 17.7 Å². The fourth-order valence-corrected chi connectivity index (χ4v) is 2.12. The van der Waals surface area contributed by atoms with Gasteiger partial charge in [0.1, 0.15) is 5.69 Å². The molecule has 1 amide bonds. The predicted molar refractivity (Wildman–Crippen MR) is 70.1 cm³/mol. The lowest BCUT2D eigenvalue weighted by Gasteiger charge is -2.24. The minimum Gasteiger partial charge on any atom is -0.395 e. The van der Waals surface area contributed by atoms with E-state index in [4.69, 9.17) is 5.11 Å². The third-order valence-corrected chi connectivity index (χ3v) is 3.83. The minimum atomic E-state index is -3.69. The second kappa shape index (κ2) is 6.81. The van der Waals surface area contributed by atoms with E-state index >= 15 is 0 Å². The molecule has 0 aliphatic rings. The first kappa shape index (κ1) is 15.8. The van der Waals surface area contributed by atoms with Crippen LogP contribution < -0.4 is 5.32 Å². The number of carbonyl (C=O) groups excluding carboxylic acids is 1. The number of aliphatic hydroxyl groups is 1. The molecule has 0 aromatic carbocycles. The molecule has 0 radical (unpaired) electrons. The predicted octanol–water partition coefficient (Wildman–Crippen LogP) is 1.40. The zero-order valence-electron chi connectivity index (χ0n) is 10.6. The normalized spacial score (nSPS) is 14.8. The molecule has 1 aromatic rings. The highest BCUT2D eigenvalue weighted by Gasteiger charge is 2.43. The first-order chi connectivity index (χ1) is 8.93. The van der Waals surface area contributed by atoms with Gasteiger partial charge in [-0.05, 0) is 25.3 Å². The number of hydrogen-bond acceptors (Lipinski definition) is 4. The van der Waals surface area contributed by atoms with Crippen LogP contribution in [0.2, 0.25) is 0 Å². The van der Waals surface area contributed by atoms with Gasteiger partial charge in [0.2, 0.25) is 0 Å². The van der Waals surface area contributed by atoms with Crippen LogP contribution in [0.25, 0.3) is 0 Å². The van der Waals surface area contributed by atoms with Gasteiger partial charge in [-0.3, -0.25) is 9.78 Å². The van der Waals surface area contributed by atoms with Gasteiger partial charge < -0.3 is 10.4 Å². The minimum absolute atomic E-state index is 0.197. The van der Waals surface area contributed by atoms with Crippen LogP contribution in [0.15, 0.2) is 24.4 Å². The Morgan fingerprint density at radius 3 is 2.74 bits per heavy atom. The number of rotatable bonds is 6. The molecule has 0 fully saturated rings. The van der Waals surface area contributed by atoms with Crippen molar-refractivity contribution in [3.63, 3.8) is 0 Å². The van der Waals surface area contributed by atoms with E-state index in [1.165, 1.54) is 30.1 Å². The SMILES string of the molecule is CS[C@@H](CO)[C@H](C)NC(=O)C(F)(F)c1ccccn1. The van der Waals surface area contributed by atoms with Gasteiger partial charge >= 0.3 is 5.92 Å². The van der Waals surface area contributed by atoms with Crippen LogP contribution in [0.4, 0.5) is 8.78 Å². The monoisotopic (exact) mass is 290 g/mol. The summed E-state index contributed by atoms with van der Waals surface area (Å²) in [5.74, 6) is -5.10. The molecule has 0 aliphatic carbocycles. The molecule has 0 unspecified atom stereocenters. The van der Waals surface area contributed by atoms with Gasteiger partial charge in [-0.25, -0.2) is 0 Å². The van der Waals surface area contributed by atoms with E-state index in [-0.39, 0.29) is 11.9 Å². The maximum Gasteiger partial charge on any atom is 0.366 e. The van der Waals surface area contributed by atoms with Gasteiger partial charge in [0, 0.05) is 17.5 Å². The molecule has 0 bridgehead atoms. The number of pyridine rings is 1. The van der Waals surface area contributed by atoms with Gasteiger partial charge in [0.15, 0.2) is 0 Å². The Morgan fingerprint density at radius 2 is 2.26 bits per heavy atom. The summed E-state index contributed by atoms with van der Waals surface area (Å²) < 4.78 is 27.7. The van der Waals surface area contributed by atoms with E-state index in [9.17, 15) is 13.6 Å². The van der Waals surface area contributed by atoms with Crippen molar-refractivity contribution in [3.8, 4) is 0 Å². The smallest absolute Gasteiger partial charge is 0.366 e. The van der Waals surface area contributed by atoms with Crippen molar-refractivity contribution in [2.75, 3.05) is 12.9 Å². The number of aromatic nitrogens is 1. The van der Waals surface area contributed by atoms with Crippen molar-refractivity contribution < 1.29 is 18.7 Å². The third-order valence-electron chi connectivity index (χ3n) is 2.67. The Bertz CT molecular complexity index is 413. The van der Waals surface area contributed by atoms with Gasteiger partial charge in [-0.2, -0.15) is 20.5 Å². The van der Waals surface area contributed by atoms with Crippen LogP contribution in [-0.4, -0.2) is 40.2 Å². The van der Waals surface area contributed by atoms with E-state index in [0.29, 0.717) is 0 Å². The Balaban J connectivity index is 2.77. The first-order valence-corrected chi connectivity index (χ1v) is 6.96. The Labute approximate surface area is 114 Å². The lowest BCUT2D eigenvalue weighted by Crippen LogP contribution is -2.47. The largest absolute Gasteiger partial charge is 0.395 e. The highest BCUT2D eigenvalue weighted by atomic mass is 32.2. The number of amides is 1. The molecule has 2 atom stereocenters. The average Bonchev–Trinajstić information content (AvgIpc) is 2.41. The van der Waals surface area contributed by atoms with Gasteiger partial charge in [-0.1, -0.05) is 6.07 Å². The highest BCUT2D eigenvalue weighted by Crippen LogP contribution is 2.26. The van der Waals surface area contributed by atoms with Gasteiger partial charge in [0.05, 0.1) is 6.61 Å². The molecule has 0 saturated carbocycles. The molecule has 1 aromatic heterocycles. The maximum atomic E-state index is 13.8. The summed E-state index contributed by atoms with van der Waals surface area (Å²) in [7, 11) is 0. The van der Waals surface area contributed by atoms with Crippen molar-refractivity contribution in [2.24, 2.45) is 0 Å². The maximum absolute atomic E-state index is 13.8. The second-order valence-corrected chi connectivity index (χ2v) is 5.09. The summed E-state index contributed by atoms with van der Waals surface area (Å²) in [5, 5.41) is 10.9. The van der Waals surface area contributed by atoms with Crippen LogP contribution in [0.3, 0.4) is 0 Å². The third kappa shape index (κ3) is 3.87. The van der Waals surface area contributed by atoms with Crippen LogP contribution in [0.1, 0.15) is 12.6 Å². The van der Waals surface area contributed by atoms with Crippen LogP contribution in [-0.2, 0) is 10.7 Å². The number of carbonyl (C=O) groups is 1. The zero-order chi connectivity index (χ0) is 14.5. The van der Waals surface area contributed by atoms with Crippen molar-refractivity contribution in [1.82, 2.24) is 10.3 Å². The number of nitrogens with one attached hydrogen (secondary N) is 1. The van der Waals surface area contributed by atoms with Gasteiger partial charge in [0.25, 0.3) is 5.91 Å². The molecular formula is C12H16F2N2O2S. The number of halogens is 2. The lowest BCUT2D eigenvalue weighted by atomic mass is 10.1. The van der Waals surface area contributed by atoms with E-state index in [0.717, 1.165) is 6.07 Å². The molecule has 19 heavy (non-hydrogen) atoms. The van der Waals surface area contributed by atoms with Crippen molar-refractivity contribution in [2.45, 2.75) is 24.1 Å². The Kier molecular flexibility index (Phi) is 5.68. The summed E-state index contributed by atoms with van der Waals surface area (Å²) in [6.07, 6.45) is 2.94. The summed E-state index contributed by atoms with van der Waals surface area (Å²) in [4.78, 5) is 15.1. The quantitative estimate of drug-likeness (QED) is 0.831. The Hall–Kier alpha value is -1.21. The van der Waals surface area contributed by atoms with Crippen molar-refractivity contribution in [3.05, 3.63) is 30.1 Å². The van der Waals surface area contributed by atoms with Crippen LogP contribution in [0.5, 0.6) is 0 Å². The average molecular weight is 290 g/mol. The molecule has 7 heteroatoms.